The van der Waals surface area contributed by atoms with E-state index in [1.165, 1.54) is 12.8 Å². The fourth-order valence-electron chi connectivity index (χ4n) is 2.20. The maximum atomic E-state index is 12.3. The highest BCUT2D eigenvalue weighted by atomic mass is 127. The summed E-state index contributed by atoms with van der Waals surface area (Å²) in [6.07, 6.45) is 8.47. The lowest BCUT2D eigenvalue weighted by molar-refractivity contribution is -0.134. The summed E-state index contributed by atoms with van der Waals surface area (Å²) >= 11 is 2.21. The Labute approximate surface area is 116 Å². The van der Waals surface area contributed by atoms with Crippen molar-refractivity contribution in [2.24, 2.45) is 0 Å². The molecule has 0 spiro atoms. The van der Waals surface area contributed by atoms with Crippen LogP contribution < -0.4 is 0 Å². The zero-order chi connectivity index (χ0) is 12.3. The SMILES string of the molecule is C[C@@H](C(=O)N1CCCCCC1)n1cc(I)cn1. The minimum atomic E-state index is -0.184. The summed E-state index contributed by atoms with van der Waals surface area (Å²) < 4.78 is 2.83. The van der Waals surface area contributed by atoms with Crippen molar-refractivity contribution in [1.29, 1.82) is 0 Å². The fraction of sp³-hybridized carbons (Fsp3) is 0.667. The second-order valence-electron chi connectivity index (χ2n) is 4.55. The predicted octanol–water partition coefficient (Wildman–Crippen LogP) is 2.45. The van der Waals surface area contributed by atoms with Crippen molar-refractivity contribution >= 4 is 28.5 Å². The number of aromatic nitrogens is 2. The van der Waals surface area contributed by atoms with Gasteiger partial charge in [-0.3, -0.25) is 9.48 Å². The standard InChI is InChI=1S/C12H18IN3O/c1-10(16-9-11(13)8-14-16)12(17)15-6-4-2-3-5-7-15/h8-10H,2-7H2,1H3/t10-/m0/s1. The molecule has 1 fully saturated rings. The van der Waals surface area contributed by atoms with Crippen LogP contribution in [-0.4, -0.2) is 33.7 Å². The van der Waals surface area contributed by atoms with Gasteiger partial charge in [0.15, 0.2) is 0 Å². The third kappa shape index (κ3) is 3.20. The van der Waals surface area contributed by atoms with Gasteiger partial charge in [-0.05, 0) is 42.4 Å². The first-order chi connectivity index (χ1) is 8.18. The highest BCUT2D eigenvalue weighted by Gasteiger charge is 2.22. The molecule has 0 radical (unpaired) electrons. The molecule has 1 aliphatic rings. The summed E-state index contributed by atoms with van der Waals surface area (Å²) in [6, 6.07) is -0.184. The highest BCUT2D eigenvalue weighted by molar-refractivity contribution is 14.1. The fourth-order valence-corrected chi connectivity index (χ4v) is 2.61. The Morgan fingerprint density at radius 1 is 1.35 bits per heavy atom. The van der Waals surface area contributed by atoms with Gasteiger partial charge in [0.05, 0.1) is 9.77 Å². The topological polar surface area (TPSA) is 38.1 Å². The van der Waals surface area contributed by atoms with Crippen molar-refractivity contribution in [3.05, 3.63) is 16.0 Å². The Hall–Kier alpha value is -0.590. The number of carbonyl (C=O) groups excluding carboxylic acids is 1. The number of amides is 1. The molecule has 0 bridgehead atoms. The molecule has 17 heavy (non-hydrogen) atoms. The Balaban J connectivity index is 2.03. The Bertz CT molecular complexity index is 383. The molecule has 1 aromatic heterocycles. The number of hydrogen-bond donors (Lipinski definition) is 0. The zero-order valence-electron chi connectivity index (χ0n) is 10.1. The number of likely N-dealkylation sites (tertiary alicyclic amines) is 1. The van der Waals surface area contributed by atoms with E-state index in [1.54, 1.807) is 10.9 Å². The summed E-state index contributed by atoms with van der Waals surface area (Å²) in [5.41, 5.74) is 0. The number of nitrogens with zero attached hydrogens (tertiary/aromatic N) is 3. The summed E-state index contributed by atoms with van der Waals surface area (Å²) in [5.74, 6) is 0.200. The molecular formula is C12H18IN3O. The van der Waals surface area contributed by atoms with Crippen LogP contribution >= 0.6 is 22.6 Å². The number of carbonyl (C=O) groups is 1. The van der Waals surface area contributed by atoms with Crippen molar-refractivity contribution in [1.82, 2.24) is 14.7 Å². The lowest BCUT2D eigenvalue weighted by Gasteiger charge is -2.24. The molecule has 1 aromatic rings. The average molecular weight is 347 g/mol. The number of rotatable bonds is 2. The minimum absolute atomic E-state index is 0.184. The van der Waals surface area contributed by atoms with Gasteiger partial charge in [0.25, 0.3) is 0 Å². The van der Waals surface area contributed by atoms with E-state index in [2.05, 4.69) is 27.7 Å². The third-order valence-electron chi connectivity index (χ3n) is 3.24. The van der Waals surface area contributed by atoms with E-state index in [0.29, 0.717) is 0 Å². The van der Waals surface area contributed by atoms with Crippen LogP contribution in [0.1, 0.15) is 38.6 Å². The summed E-state index contributed by atoms with van der Waals surface area (Å²) in [5, 5.41) is 4.22. The normalized spacial score (nSPS) is 18.8. The van der Waals surface area contributed by atoms with Crippen LogP contribution in [0.4, 0.5) is 0 Å². The van der Waals surface area contributed by atoms with Crippen LogP contribution in [-0.2, 0) is 4.79 Å². The quantitative estimate of drug-likeness (QED) is 0.771. The molecule has 1 amide bonds. The smallest absolute Gasteiger partial charge is 0.247 e. The molecule has 2 heterocycles. The van der Waals surface area contributed by atoms with Gasteiger partial charge in [0.1, 0.15) is 6.04 Å². The minimum Gasteiger partial charge on any atom is -0.341 e. The maximum Gasteiger partial charge on any atom is 0.247 e. The predicted molar refractivity (Wildman–Crippen MR) is 74.7 cm³/mol. The molecule has 1 atom stereocenters. The molecule has 0 aliphatic carbocycles. The van der Waals surface area contributed by atoms with E-state index >= 15 is 0 Å². The van der Waals surface area contributed by atoms with E-state index < -0.39 is 0 Å². The third-order valence-corrected chi connectivity index (χ3v) is 3.80. The molecule has 0 unspecified atom stereocenters. The van der Waals surface area contributed by atoms with Crippen molar-refractivity contribution in [3.8, 4) is 0 Å². The largest absolute Gasteiger partial charge is 0.341 e. The number of hydrogen-bond acceptors (Lipinski definition) is 2. The Morgan fingerprint density at radius 2 is 2.00 bits per heavy atom. The lowest BCUT2D eigenvalue weighted by Crippen LogP contribution is -2.37. The van der Waals surface area contributed by atoms with E-state index in [1.807, 2.05) is 18.0 Å². The molecule has 1 saturated heterocycles. The first-order valence-corrected chi connectivity index (χ1v) is 7.25. The Morgan fingerprint density at radius 3 is 2.53 bits per heavy atom. The average Bonchev–Trinajstić information content (AvgIpc) is 2.60. The van der Waals surface area contributed by atoms with Gasteiger partial charge in [-0.25, -0.2) is 0 Å². The van der Waals surface area contributed by atoms with Crippen molar-refractivity contribution in [2.45, 2.75) is 38.6 Å². The molecular weight excluding hydrogens is 329 g/mol. The molecule has 94 valence electrons. The van der Waals surface area contributed by atoms with Crippen LogP contribution in [0.15, 0.2) is 12.4 Å². The van der Waals surface area contributed by atoms with Gasteiger partial charge >= 0.3 is 0 Å². The number of halogens is 1. The van der Waals surface area contributed by atoms with E-state index in [4.69, 9.17) is 0 Å². The van der Waals surface area contributed by atoms with E-state index in [9.17, 15) is 4.79 Å². The summed E-state index contributed by atoms with van der Waals surface area (Å²) in [4.78, 5) is 14.3. The van der Waals surface area contributed by atoms with Gasteiger partial charge in [-0.15, -0.1) is 0 Å². The van der Waals surface area contributed by atoms with E-state index in [-0.39, 0.29) is 11.9 Å². The monoisotopic (exact) mass is 347 g/mol. The summed E-state index contributed by atoms with van der Waals surface area (Å²) in [7, 11) is 0. The van der Waals surface area contributed by atoms with Gasteiger partial charge < -0.3 is 4.90 Å². The van der Waals surface area contributed by atoms with Gasteiger partial charge in [0.2, 0.25) is 5.91 Å². The molecule has 4 nitrogen and oxygen atoms in total. The molecule has 0 aromatic carbocycles. The molecule has 1 aliphatic heterocycles. The maximum absolute atomic E-state index is 12.3. The van der Waals surface area contributed by atoms with Crippen LogP contribution in [0.5, 0.6) is 0 Å². The molecule has 5 heteroatoms. The zero-order valence-corrected chi connectivity index (χ0v) is 12.3. The molecule has 0 N–H and O–H groups in total. The Kier molecular flexibility index (Phi) is 4.42. The van der Waals surface area contributed by atoms with Crippen LogP contribution in [0.2, 0.25) is 0 Å². The van der Waals surface area contributed by atoms with Gasteiger partial charge in [-0.1, -0.05) is 12.8 Å². The van der Waals surface area contributed by atoms with Crippen LogP contribution in [0, 0.1) is 3.57 Å². The van der Waals surface area contributed by atoms with E-state index in [0.717, 1.165) is 29.5 Å². The second kappa shape index (κ2) is 5.84. The molecule has 0 saturated carbocycles. The van der Waals surface area contributed by atoms with Crippen LogP contribution in [0.3, 0.4) is 0 Å². The summed E-state index contributed by atoms with van der Waals surface area (Å²) in [6.45, 7) is 3.74. The first kappa shape index (κ1) is 12.9. The van der Waals surface area contributed by atoms with Gasteiger partial charge in [0, 0.05) is 19.3 Å². The molecule has 2 rings (SSSR count). The first-order valence-electron chi connectivity index (χ1n) is 6.17. The van der Waals surface area contributed by atoms with Gasteiger partial charge in [-0.2, -0.15) is 5.10 Å². The highest BCUT2D eigenvalue weighted by Crippen LogP contribution is 2.16. The van der Waals surface area contributed by atoms with Crippen molar-refractivity contribution < 1.29 is 4.79 Å². The van der Waals surface area contributed by atoms with Crippen LogP contribution in [0.25, 0.3) is 0 Å². The van der Waals surface area contributed by atoms with Crippen molar-refractivity contribution in [2.75, 3.05) is 13.1 Å². The van der Waals surface area contributed by atoms with Crippen molar-refractivity contribution in [3.63, 3.8) is 0 Å². The lowest BCUT2D eigenvalue weighted by atomic mass is 10.2. The second-order valence-corrected chi connectivity index (χ2v) is 5.80.